The predicted molar refractivity (Wildman–Crippen MR) is 73.0 cm³/mol. The van der Waals surface area contributed by atoms with Crippen molar-refractivity contribution in [3.8, 4) is 5.88 Å². The number of hydrogen-bond acceptors (Lipinski definition) is 3. The van der Waals surface area contributed by atoms with E-state index < -0.39 is 0 Å². The molecule has 1 aromatic heterocycles. The van der Waals surface area contributed by atoms with Crippen molar-refractivity contribution in [2.24, 2.45) is 11.8 Å². The first-order chi connectivity index (χ1) is 8.56. The fraction of sp³-hybridized carbons (Fsp3) is 0.714. The third kappa shape index (κ3) is 3.58. The maximum Gasteiger partial charge on any atom is 0.218 e. The first-order valence-corrected chi connectivity index (χ1v) is 7.14. The molecule has 3 nitrogen and oxygen atoms in total. The summed E-state index contributed by atoms with van der Waals surface area (Å²) in [6, 6.07) is 1.71. The molecule has 1 aliphatic carbocycles. The summed E-state index contributed by atoms with van der Waals surface area (Å²) in [5, 5.41) is 0.466. The Hall–Kier alpha value is -0.830. The third-order valence-electron chi connectivity index (χ3n) is 3.46. The normalized spacial score (nSPS) is 28.1. The molecule has 1 fully saturated rings. The first-order valence-electron chi connectivity index (χ1n) is 6.77. The predicted octanol–water partition coefficient (Wildman–Crippen LogP) is 3.90. The Morgan fingerprint density at radius 1 is 1.22 bits per heavy atom. The molecule has 0 aromatic carbocycles. The summed E-state index contributed by atoms with van der Waals surface area (Å²) in [6.45, 7) is 6.59. The second kappa shape index (κ2) is 5.87. The number of nitrogens with zero attached hydrogens (tertiary/aromatic N) is 2. The molecule has 1 aromatic rings. The van der Waals surface area contributed by atoms with Crippen molar-refractivity contribution in [2.45, 2.75) is 52.6 Å². The van der Waals surface area contributed by atoms with Gasteiger partial charge in [0, 0.05) is 12.5 Å². The number of ether oxygens (including phenoxy) is 1. The molecule has 2 atom stereocenters. The van der Waals surface area contributed by atoms with E-state index in [1.807, 2.05) is 6.92 Å². The van der Waals surface area contributed by atoms with Crippen molar-refractivity contribution in [1.29, 1.82) is 0 Å². The highest BCUT2D eigenvalue weighted by molar-refractivity contribution is 6.29. The number of hydrogen-bond donors (Lipinski definition) is 0. The Kier molecular flexibility index (Phi) is 4.44. The third-order valence-corrected chi connectivity index (χ3v) is 3.65. The topological polar surface area (TPSA) is 35.0 Å². The van der Waals surface area contributed by atoms with Crippen LogP contribution in [0.25, 0.3) is 0 Å². The molecule has 1 heterocycles. The minimum Gasteiger partial charge on any atom is -0.474 e. The molecule has 0 saturated heterocycles. The Labute approximate surface area is 114 Å². The Morgan fingerprint density at radius 3 is 2.50 bits per heavy atom. The van der Waals surface area contributed by atoms with Crippen LogP contribution >= 0.6 is 11.6 Å². The molecule has 4 heteroatoms. The van der Waals surface area contributed by atoms with Crippen LogP contribution < -0.4 is 4.74 Å². The van der Waals surface area contributed by atoms with E-state index in [2.05, 4.69) is 23.8 Å². The van der Waals surface area contributed by atoms with Gasteiger partial charge in [0.2, 0.25) is 5.88 Å². The lowest BCUT2D eigenvalue weighted by molar-refractivity contribution is 0.0963. The summed E-state index contributed by atoms with van der Waals surface area (Å²) in [5.74, 6) is 2.82. The molecule has 2 rings (SSSR count). The molecule has 0 bridgehead atoms. The summed E-state index contributed by atoms with van der Waals surface area (Å²) >= 11 is 5.97. The molecule has 1 aliphatic rings. The van der Waals surface area contributed by atoms with Gasteiger partial charge in [-0.25, -0.2) is 4.98 Å². The smallest absolute Gasteiger partial charge is 0.218 e. The molecular formula is C14H21ClN2O. The van der Waals surface area contributed by atoms with Crippen LogP contribution in [0.5, 0.6) is 5.88 Å². The minimum absolute atomic E-state index is 0.263. The Morgan fingerprint density at radius 2 is 1.89 bits per heavy atom. The molecule has 0 radical (unpaired) electrons. The van der Waals surface area contributed by atoms with Crippen LogP contribution in [0.2, 0.25) is 5.15 Å². The van der Waals surface area contributed by atoms with Crippen LogP contribution in [0.15, 0.2) is 6.07 Å². The maximum atomic E-state index is 5.98. The summed E-state index contributed by atoms with van der Waals surface area (Å²) in [5.41, 5.74) is 0. The fourth-order valence-corrected chi connectivity index (χ4v) is 2.99. The van der Waals surface area contributed by atoms with E-state index in [0.29, 0.717) is 11.0 Å². The molecule has 0 N–H and O–H groups in total. The number of aromatic nitrogens is 2. The van der Waals surface area contributed by atoms with Gasteiger partial charge in [0.25, 0.3) is 0 Å². The molecular weight excluding hydrogens is 248 g/mol. The molecule has 0 amide bonds. The zero-order valence-electron chi connectivity index (χ0n) is 11.3. The molecule has 0 spiro atoms. The lowest BCUT2D eigenvalue weighted by Gasteiger charge is -2.31. The van der Waals surface area contributed by atoms with Crippen LogP contribution in [0.3, 0.4) is 0 Å². The van der Waals surface area contributed by atoms with Crippen molar-refractivity contribution >= 4 is 11.6 Å². The maximum absolute atomic E-state index is 5.98. The Bertz CT molecular complexity index is 401. The van der Waals surface area contributed by atoms with E-state index >= 15 is 0 Å². The van der Waals surface area contributed by atoms with Crippen molar-refractivity contribution in [1.82, 2.24) is 9.97 Å². The van der Waals surface area contributed by atoms with Crippen LogP contribution in [0.1, 0.15) is 45.9 Å². The van der Waals surface area contributed by atoms with Crippen LogP contribution in [-0.4, -0.2) is 16.1 Å². The van der Waals surface area contributed by atoms with Crippen molar-refractivity contribution in [2.75, 3.05) is 0 Å². The van der Waals surface area contributed by atoms with Gasteiger partial charge in [-0.15, -0.1) is 0 Å². The molecule has 100 valence electrons. The van der Waals surface area contributed by atoms with E-state index in [1.165, 1.54) is 6.42 Å². The van der Waals surface area contributed by atoms with Gasteiger partial charge in [-0.05, 0) is 31.1 Å². The quantitative estimate of drug-likeness (QED) is 0.780. The standard InChI is InChI=1S/C14H21ClN2O/c1-4-13-16-12(15)8-14(17-13)18-11-6-9(2)5-10(3)7-11/h8-11H,4-7H2,1-3H3. The van der Waals surface area contributed by atoms with E-state index in [1.54, 1.807) is 6.07 Å². The number of halogens is 1. The average Bonchev–Trinajstić information content (AvgIpc) is 2.26. The van der Waals surface area contributed by atoms with E-state index in [4.69, 9.17) is 16.3 Å². The van der Waals surface area contributed by atoms with Gasteiger partial charge in [0.1, 0.15) is 17.1 Å². The summed E-state index contributed by atoms with van der Waals surface area (Å²) in [4.78, 5) is 8.53. The van der Waals surface area contributed by atoms with Crippen molar-refractivity contribution in [3.63, 3.8) is 0 Å². The van der Waals surface area contributed by atoms with E-state index in [0.717, 1.165) is 36.9 Å². The molecule has 2 unspecified atom stereocenters. The molecule has 1 saturated carbocycles. The van der Waals surface area contributed by atoms with Crippen LogP contribution in [-0.2, 0) is 6.42 Å². The van der Waals surface area contributed by atoms with Crippen LogP contribution in [0, 0.1) is 11.8 Å². The van der Waals surface area contributed by atoms with Gasteiger partial charge in [-0.1, -0.05) is 32.4 Å². The molecule has 0 aliphatic heterocycles. The highest BCUT2D eigenvalue weighted by atomic mass is 35.5. The monoisotopic (exact) mass is 268 g/mol. The van der Waals surface area contributed by atoms with Gasteiger partial charge in [0.05, 0.1) is 0 Å². The van der Waals surface area contributed by atoms with E-state index in [-0.39, 0.29) is 6.10 Å². The van der Waals surface area contributed by atoms with Gasteiger partial charge in [0.15, 0.2) is 0 Å². The SMILES string of the molecule is CCc1nc(Cl)cc(OC2CC(C)CC(C)C2)n1. The largest absolute Gasteiger partial charge is 0.474 e. The first kappa shape index (κ1) is 13.6. The summed E-state index contributed by atoms with van der Waals surface area (Å²) in [6.07, 6.45) is 4.54. The van der Waals surface area contributed by atoms with Gasteiger partial charge >= 0.3 is 0 Å². The highest BCUT2D eigenvalue weighted by Crippen LogP contribution is 2.31. The average molecular weight is 269 g/mol. The molecule has 18 heavy (non-hydrogen) atoms. The van der Waals surface area contributed by atoms with Gasteiger partial charge in [-0.3, -0.25) is 0 Å². The lowest BCUT2D eigenvalue weighted by Crippen LogP contribution is -2.28. The van der Waals surface area contributed by atoms with Gasteiger partial charge < -0.3 is 4.74 Å². The minimum atomic E-state index is 0.263. The van der Waals surface area contributed by atoms with Crippen molar-refractivity contribution < 1.29 is 4.74 Å². The van der Waals surface area contributed by atoms with Crippen molar-refractivity contribution in [3.05, 3.63) is 17.0 Å². The Balaban J connectivity index is 2.06. The zero-order valence-corrected chi connectivity index (χ0v) is 12.1. The number of rotatable bonds is 3. The summed E-state index contributed by atoms with van der Waals surface area (Å²) in [7, 11) is 0. The number of aryl methyl sites for hydroxylation is 1. The van der Waals surface area contributed by atoms with E-state index in [9.17, 15) is 0 Å². The fourth-order valence-electron chi connectivity index (χ4n) is 2.80. The second-order valence-electron chi connectivity index (χ2n) is 5.46. The summed E-state index contributed by atoms with van der Waals surface area (Å²) < 4.78 is 5.98. The zero-order chi connectivity index (χ0) is 13.1. The second-order valence-corrected chi connectivity index (χ2v) is 5.84. The van der Waals surface area contributed by atoms with Crippen LogP contribution in [0.4, 0.5) is 0 Å². The van der Waals surface area contributed by atoms with Gasteiger partial charge in [-0.2, -0.15) is 4.98 Å². The lowest BCUT2D eigenvalue weighted by atomic mass is 9.82. The highest BCUT2D eigenvalue weighted by Gasteiger charge is 2.25.